The molecule has 3 N–H and O–H groups in total. The van der Waals surface area contributed by atoms with Crippen LogP contribution in [0.4, 0.5) is 5.69 Å². The van der Waals surface area contributed by atoms with Crippen LogP contribution in [0.1, 0.15) is 24.0 Å². The number of aliphatic hydroxyl groups excluding tert-OH is 2. The van der Waals surface area contributed by atoms with Gasteiger partial charge in [0.15, 0.2) is 12.2 Å². The number of hydrogen-bond acceptors (Lipinski definition) is 6. The van der Waals surface area contributed by atoms with E-state index in [4.69, 9.17) is 11.6 Å². The van der Waals surface area contributed by atoms with Crippen LogP contribution >= 0.6 is 23.4 Å². The third-order valence-corrected chi connectivity index (χ3v) is 8.38. The van der Waals surface area contributed by atoms with Gasteiger partial charge in [-0.25, -0.2) is 0 Å². The molecule has 37 heavy (non-hydrogen) atoms. The maximum absolute atomic E-state index is 12.7. The number of aliphatic hydroxyl groups is 2. The lowest BCUT2D eigenvalue weighted by Gasteiger charge is -2.37. The second kappa shape index (κ2) is 12.8. The van der Waals surface area contributed by atoms with Crippen molar-refractivity contribution in [3.8, 4) is 0 Å². The quantitative estimate of drug-likeness (QED) is 0.450. The Morgan fingerprint density at radius 2 is 1.84 bits per heavy atom. The van der Waals surface area contributed by atoms with E-state index in [-0.39, 0.29) is 0 Å². The number of piperazine rings is 1. The van der Waals surface area contributed by atoms with Gasteiger partial charge in [0, 0.05) is 38.0 Å². The van der Waals surface area contributed by atoms with Crippen LogP contribution in [0.15, 0.2) is 59.5 Å². The first-order chi connectivity index (χ1) is 17.8. The second-order valence-corrected chi connectivity index (χ2v) is 11.2. The molecule has 2 heterocycles. The van der Waals surface area contributed by atoms with E-state index >= 15 is 0 Å². The van der Waals surface area contributed by atoms with Gasteiger partial charge >= 0.3 is 0 Å². The zero-order valence-electron chi connectivity index (χ0n) is 21.0. The molecule has 1 unspecified atom stereocenters. The number of nitrogens with zero attached hydrogens (tertiary/aromatic N) is 2. The van der Waals surface area contributed by atoms with Crippen molar-refractivity contribution < 1.29 is 19.8 Å². The molecule has 0 bridgehead atoms. The Morgan fingerprint density at radius 3 is 2.57 bits per heavy atom. The molecule has 0 aromatic heterocycles. The van der Waals surface area contributed by atoms with Crippen LogP contribution < -0.4 is 10.2 Å². The van der Waals surface area contributed by atoms with Crippen molar-refractivity contribution in [3.63, 3.8) is 0 Å². The predicted molar refractivity (Wildman–Crippen MR) is 149 cm³/mol. The highest BCUT2D eigenvalue weighted by Gasteiger charge is 2.34. The van der Waals surface area contributed by atoms with Gasteiger partial charge in [-0.1, -0.05) is 59.1 Å². The highest BCUT2D eigenvalue weighted by atomic mass is 35.5. The minimum Gasteiger partial charge on any atom is -0.380 e. The summed E-state index contributed by atoms with van der Waals surface area (Å²) < 4.78 is 0. The highest BCUT2D eigenvalue weighted by molar-refractivity contribution is 8.03. The monoisotopic (exact) mass is 543 g/mol. The fourth-order valence-electron chi connectivity index (χ4n) is 4.75. The molecular formula is C28H34ClN3O4S. The normalized spacial score (nSPS) is 19.4. The molecular weight excluding hydrogens is 510 g/mol. The Bertz CT molecular complexity index is 1140. The van der Waals surface area contributed by atoms with Crippen LogP contribution in [0.25, 0.3) is 0 Å². The number of nitrogens with one attached hydrogen (secondary N) is 1. The molecule has 2 aromatic rings. The summed E-state index contributed by atoms with van der Waals surface area (Å²) in [7, 11) is 0. The topological polar surface area (TPSA) is 93.1 Å². The SMILES string of the molecule is Cc1cccc(CC2=CSC(CCNC(=O)[C@H](O)[C@@H](O)C(=O)N3CCN(c4ccccc4Cl)CC3)C2)c1. The molecule has 2 aromatic carbocycles. The average molecular weight is 544 g/mol. The molecule has 1 fully saturated rings. The van der Waals surface area contributed by atoms with Gasteiger partial charge in [-0.15, -0.1) is 11.8 Å². The molecule has 0 spiro atoms. The van der Waals surface area contributed by atoms with Gasteiger partial charge in [0.2, 0.25) is 0 Å². The van der Waals surface area contributed by atoms with Gasteiger partial charge in [0.25, 0.3) is 11.8 Å². The van der Waals surface area contributed by atoms with Crippen LogP contribution in [0.2, 0.25) is 5.02 Å². The average Bonchev–Trinajstić information content (AvgIpc) is 3.34. The van der Waals surface area contributed by atoms with Crippen molar-refractivity contribution in [2.24, 2.45) is 0 Å². The van der Waals surface area contributed by atoms with Gasteiger partial charge < -0.3 is 25.3 Å². The third-order valence-electron chi connectivity index (χ3n) is 6.80. The molecule has 0 radical (unpaired) electrons. The summed E-state index contributed by atoms with van der Waals surface area (Å²) in [5.41, 5.74) is 4.83. The summed E-state index contributed by atoms with van der Waals surface area (Å²) in [6.45, 7) is 4.29. The number of thioether (sulfide) groups is 1. The van der Waals surface area contributed by atoms with Crippen LogP contribution in [0.3, 0.4) is 0 Å². The first kappa shape index (κ1) is 27.5. The van der Waals surface area contributed by atoms with E-state index in [0.717, 1.165) is 24.9 Å². The van der Waals surface area contributed by atoms with Crippen LogP contribution in [0.5, 0.6) is 0 Å². The number of hydrogen-bond donors (Lipinski definition) is 3. The number of aryl methyl sites for hydroxylation is 1. The van der Waals surface area contributed by atoms with E-state index in [9.17, 15) is 19.8 Å². The van der Waals surface area contributed by atoms with Gasteiger partial charge in [-0.2, -0.15) is 0 Å². The summed E-state index contributed by atoms with van der Waals surface area (Å²) in [6.07, 6.45) is -0.976. The highest BCUT2D eigenvalue weighted by Crippen LogP contribution is 2.34. The third kappa shape index (κ3) is 7.29. The molecule has 1 saturated heterocycles. The number of rotatable bonds is 9. The van der Waals surface area contributed by atoms with E-state index in [1.165, 1.54) is 21.6 Å². The summed E-state index contributed by atoms with van der Waals surface area (Å²) >= 11 is 8.03. The predicted octanol–water partition coefficient (Wildman–Crippen LogP) is 3.16. The van der Waals surface area contributed by atoms with E-state index in [1.807, 2.05) is 24.3 Å². The lowest BCUT2D eigenvalue weighted by molar-refractivity contribution is -0.153. The number of carbonyl (C=O) groups excluding carboxylic acids is 2. The summed E-state index contributed by atoms with van der Waals surface area (Å²) in [6, 6.07) is 16.0. The Hall–Kier alpha value is -2.52. The fourth-order valence-corrected chi connectivity index (χ4v) is 6.14. The molecule has 2 aliphatic heterocycles. The van der Waals surface area contributed by atoms with Crippen LogP contribution in [-0.2, 0) is 16.0 Å². The molecule has 7 nitrogen and oxygen atoms in total. The van der Waals surface area contributed by atoms with Crippen molar-refractivity contribution in [2.75, 3.05) is 37.6 Å². The van der Waals surface area contributed by atoms with E-state index < -0.39 is 24.0 Å². The number of amides is 2. The van der Waals surface area contributed by atoms with Gasteiger partial charge in [-0.05, 0) is 49.3 Å². The Labute approximate surface area is 227 Å². The van der Waals surface area contributed by atoms with E-state index in [2.05, 4.69) is 46.8 Å². The van der Waals surface area contributed by atoms with Gasteiger partial charge in [0.1, 0.15) is 0 Å². The molecule has 2 aliphatic rings. The van der Waals surface area contributed by atoms with Crippen molar-refractivity contribution in [2.45, 2.75) is 43.6 Å². The maximum atomic E-state index is 12.7. The number of anilines is 1. The van der Waals surface area contributed by atoms with Crippen molar-refractivity contribution >= 4 is 40.9 Å². The Morgan fingerprint density at radius 1 is 1.08 bits per heavy atom. The molecule has 0 saturated carbocycles. The maximum Gasteiger partial charge on any atom is 0.254 e. The Balaban J connectivity index is 1.16. The van der Waals surface area contributed by atoms with Crippen LogP contribution in [0, 0.1) is 6.92 Å². The minimum atomic E-state index is -1.81. The van der Waals surface area contributed by atoms with Crippen molar-refractivity contribution in [1.82, 2.24) is 10.2 Å². The minimum absolute atomic E-state index is 0.359. The molecule has 4 rings (SSSR count). The summed E-state index contributed by atoms with van der Waals surface area (Å²) in [5.74, 6) is -1.37. The van der Waals surface area contributed by atoms with E-state index in [1.54, 1.807) is 11.8 Å². The van der Waals surface area contributed by atoms with E-state index in [0.29, 0.717) is 43.0 Å². The smallest absolute Gasteiger partial charge is 0.254 e. The fraction of sp³-hybridized carbons (Fsp3) is 0.429. The van der Waals surface area contributed by atoms with Crippen molar-refractivity contribution in [1.29, 1.82) is 0 Å². The van der Waals surface area contributed by atoms with Gasteiger partial charge in [-0.3, -0.25) is 9.59 Å². The summed E-state index contributed by atoms with van der Waals surface area (Å²) in [4.78, 5) is 28.7. The number of carbonyl (C=O) groups is 2. The van der Waals surface area contributed by atoms with Gasteiger partial charge in [0.05, 0.1) is 10.7 Å². The standard InChI is InChI=1S/C28H34ClN3O4S/c1-19-5-4-6-20(15-19)16-21-17-22(37-18-21)9-10-30-27(35)25(33)26(34)28(36)32-13-11-31(12-14-32)24-8-3-2-7-23(24)29/h2-8,15,18,22,25-26,33-34H,9-14,16-17H2,1H3,(H,30,35)/t22?,25-,26-/m1/s1. The van der Waals surface area contributed by atoms with Crippen LogP contribution in [-0.4, -0.2) is 77.1 Å². The number of allylic oxidation sites excluding steroid dienone is 1. The molecule has 9 heteroatoms. The number of para-hydroxylation sites is 1. The zero-order chi connectivity index (χ0) is 26.4. The molecule has 0 aliphatic carbocycles. The largest absolute Gasteiger partial charge is 0.380 e. The first-order valence-electron chi connectivity index (χ1n) is 12.6. The zero-order valence-corrected chi connectivity index (χ0v) is 22.5. The molecule has 2 amide bonds. The molecule has 198 valence electrons. The molecule has 3 atom stereocenters. The number of benzene rings is 2. The lowest BCUT2D eigenvalue weighted by Crippen LogP contribution is -2.55. The lowest BCUT2D eigenvalue weighted by atomic mass is 10.0. The van der Waals surface area contributed by atoms with Crippen molar-refractivity contribution in [3.05, 3.63) is 75.7 Å². The first-order valence-corrected chi connectivity index (χ1v) is 13.9. The number of halogens is 1. The Kier molecular flexibility index (Phi) is 9.54. The second-order valence-electron chi connectivity index (χ2n) is 9.64. The summed E-state index contributed by atoms with van der Waals surface area (Å²) in [5, 5.41) is 26.6.